The van der Waals surface area contributed by atoms with Gasteiger partial charge in [-0.3, -0.25) is 4.79 Å². The molecule has 0 rings (SSSR count). The molecular weight excluding hydrogens is 250 g/mol. The van der Waals surface area contributed by atoms with Gasteiger partial charge in [-0.1, -0.05) is 0 Å². The fourth-order valence-corrected chi connectivity index (χ4v) is 3.19. The van der Waals surface area contributed by atoms with Gasteiger partial charge in [-0.25, -0.2) is 13.1 Å². The molecule has 0 aliphatic heterocycles. The predicted octanol–water partition coefficient (Wildman–Crippen LogP) is 0.611. The second-order valence-electron chi connectivity index (χ2n) is 3.47. The van der Waals surface area contributed by atoms with Crippen molar-refractivity contribution in [2.45, 2.75) is 25.8 Å². The summed E-state index contributed by atoms with van der Waals surface area (Å²) in [6.45, 7) is 1.81. The number of nitrogens with one attached hydrogen (secondary N) is 1. The van der Waals surface area contributed by atoms with Crippen molar-refractivity contribution in [1.82, 2.24) is 4.72 Å². The molecule has 0 saturated carbocycles. The molecule has 1 unspecified atom stereocenters. The number of ether oxygens (including phenoxy) is 1. The summed E-state index contributed by atoms with van der Waals surface area (Å²) >= 11 is 1.58. The summed E-state index contributed by atoms with van der Waals surface area (Å²) in [4.78, 5) is 10.8. The Hall–Kier alpha value is -0.270. The molecule has 0 aliphatic carbocycles. The van der Waals surface area contributed by atoms with E-state index in [-0.39, 0.29) is 30.6 Å². The van der Waals surface area contributed by atoms with Crippen molar-refractivity contribution in [2.75, 3.05) is 24.9 Å². The maximum atomic E-state index is 11.5. The summed E-state index contributed by atoms with van der Waals surface area (Å²) in [6.07, 6.45) is 2.34. The third-order valence-electron chi connectivity index (χ3n) is 1.82. The van der Waals surface area contributed by atoms with Crippen molar-refractivity contribution in [1.29, 1.82) is 0 Å². The van der Waals surface area contributed by atoms with E-state index in [9.17, 15) is 13.2 Å². The highest BCUT2D eigenvalue weighted by molar-refractivity contribution is 7.98. The number of esters is 1. The highest BCUT2D eigenvalue weighted by atomic mass is 32.2. The lowest BCUT2D eigenvalue weighted by molar-refractivity contribution is -0.140. The first-order chi connectivity index (χ1) is 7.41. The Kier molecular flexibility index (Phi) is 7.78. The van der Waals surface area contributed by atoms with Crippen LogP contribution < -0.4 is 4.72 Å². The fraction of sp³-hybridized carbons (Fsp3) is 0.889. The molecule has 0 aromatic rings. The van der Waals surface area contributed by atoms with Crippen LogP contribution in [0.2, 0.25) is 0 Å². The summed E-state index contributed by atoms with van der Waals surface area (Å²) < 4.78 is 30.0. The normalized spacial score (nSPS) is 13.4. The number of carbonyl (C=O) groups is 1. The van der Waals surface area contributed by atoms with Gasteiger partial charge in [0.1, 0.15) is 0 Å². The summed E-state index contributed by atoms with van der Waals surface area (Å²) in [6, 6.07) is -0.0851. The van der Waals surface area contributed by atoms with Crippen molar-refractivity contribution in [3.05, 3.63) is 0 Å². The van der Waals surface area contributed by atoms with E-state index in [4.69, 9.17) is 0 Å². The fourth-order valence-electron chi connectivity index (χ4n) is 1.16. The minimum Gasteiger partial charge on any atom is -0.469 e. The van der Waals surface area contributed by atoms with Crippen LogP contribution in [-0.2, 0) is 19.6 Å². The van der Waals surface area contributed by atoms with Crippen LogP contribution in [0, 0.1) is 0 Å². The van der Waals surface area contributed by atoms with Gasteiger partial charge in [0.25, 0.3) is 0 Å². The third-order valence-corrected chi connectivity index (χ3v) is 4.24. The molecule has 5 nitrogen and oxygen atoms in total. The van der Waals surface area contributed by atoms with Gasteiger partial charge in [0, 0.05) is 18.2 Å². The van der Waals surface area contributed by atoms with E-state index in [0.717, 1.165) is 5.75 Å². The van der Waals surface area contributed by atoms with E-state index in [0.29, 0.717) is 0 Å². The average Bonchev–Trinajstić information content (AvgIpc) is 2.16. The molecule has 0 amide bonds. The maximum Gasteiger partial charge on any atom is 0.305 e. The molecule has 0 fully saturated rings. The van der Waals surface area contributed by atoms with Gasteiger partial charge in [0.2, 0.25) is 10.0 Å². The molecule has 7 heteroatoms. The number of hydrogen-bond donors (Lipinski definition) is 1. The summed E-state index contributed by atoms with van der Waals surface area (Å²) in [5.41, 5.74) is 0. The van der Waals surface area contributed by atoms with E-state index in [1.54, 1.807) is 11.8 Å². The van der Waals surface area contributed by atoms with Gasteiger partial charge in [0.15, 0.2) is 0 Å². The molecular formula is C9H19NO4S2. The van der Waals surface area contributed by atoms with Gasteiger partial charge in [-0.05, 0) is 19.6 Å². The van der Waals surface area contributed by atoms with Crippen molar-refractivity contribution in [3.63, 3.8) is 0 Å². The largest absolute Gasteiger partial charge is 0.469 e. The Morgan fingerprint density at radius 1 is 1.50 bits per heavy atom. The van der Waals surface area contributed by atoms with Crippen LogP contribution in [-0.4, -0.2) is 45.3 Å². The Balaban J connectivity index is 3.92. The van der Waals surface area contributed by atoms with E-state index >= 15 is 0 Å². The monoisotopic (exact) mass is 269 g/mol. The third kappa shape index (κ3) is 7.95. The van der Waals surface area contributed by atoms with E-state index < -0.39 is 10.0 Å². The maximum absolute atomic E-state index is 11.5. The Bertz CT molecular complexity index is 303. The van der Waals surface area contributed by atoms with Gasteiger partial charge >= 0.3 is 5.97 Å². The second kappa shape index (κ2) is 7.92. The van der Waals surface area contributed by atoms with Crippen LogP contribution in [0.3, 0.4) is 0 Å². The zero-order chi connectivity index (χ0) is 12.6. The second-order valence-corrected chi connectivity index (χ2v) is 6.26. The minimum atomic E-state index is -3.28. The first kappa shape index (κ1) is 15.7. The Labute approximate surface area is 101 Å². The number of thioether (sulfide) groups is 1. The predicted molar refractivity (Wildman–Crippen MR) is 66.0 cm³/mol. The molecule has 0 radical (unpaired) electrons. The van der Waals surface area contributed by atoms with Crippen LogP contribution in [0.25, 0.3) is 0 Å². The molecule has 96 valence electrons. The lowest BCUT2D eigenvalue weighted by atomic mass is 10.3. The van der Waals surface area contributed by atoms with Gasteiger partial charge in [0.05, 0.1) is 12.9 Å². The number of methoxy groups -OCH3 is 1. The standard InChI is InChI=1S/C9H19NO4S2/c1-8(7-15-3)10-16(12,13)6-4-5-9(11)14-2/h8,10H,4-7H2,1-3H3. The van der Waals surface area contributed by atoms with Crippen LogP contribution in [0.5, 0.6) is 0 Å². The molecule has 0 bridgehead atoms. The molecule has 0 saturated heterocycles. The molecule has 0 aromatic heterocycles. The number of rotatable bonds is 8. The van der Waals surface area contributed by atoms with Crippen LogP contribution in [0.15, 0.2) is 0 Å². The summed E-state index contributed by atoms with van der Waals surface area (Å²) in [5.74, 6) is 0.309. The number of carbonyl (C=O) groups excluding carboxylic acids is 1. The van der Waals surface area contributed by atoms with Crippen molar-refractivity contribution in [3.8, 4) is 0 Å². The molecule has 0 aliphatic rings. The lowest BCUT2D eigenvalue weighted by Gasteiger charge is -2.12. The minimum absolute atomic E-state index is 0.0409. The van der Waals surface area contributed by atoms with Crippen molar-refractivity contribution in [2.24, 2.45) is 0 Å². The van der Waals surface area contributed by atoms with Crippen molar-refractivity contribution < 1.29 is 17.9 Å². The highest BCUT2D eigenvalue weighted by Crippen LogP contribution is 2.01. The number of sulfonamides is 1. The smallest absolute Gasteiger partial charge is 0.305 e. The molecule has 0 aromatic carbocycles. The zero-order valence-corrected chi connectivity index (χ0v) is 11.5. The van der Waals surface area contributed by atoms with Crippen molar-refractivity contribution >= 4 is 27.8 Å². The quantitative estimate of drug-likeness (QED) is 0.654. The molecule has 1 N–H and O–H groups in total. The zero-order valence-electron chi connectivity index (χ0n) is 9.86. The van der Waals surface area contributed by atoms with Crippen LogP contribution >= 0.6 is 11.8 Å². The van der Waals surface area contributed by atoms with E-state index in [1.165, 1.54) is 7.11 Å². The number of hydrogen-bond acceptors (Lipinski definition) is 5. The van der Waals surface area contributed by atoms with Crippen LogP contribution in [0.1, 0.15) is 19.8 Å². The van der Waals surface area contributed by atoms with Gasteiger partial charge in [-0.2, -0.15) is 11.8 Å². The molecule has 0 spiro atoms. The van der Waals surface area contributed by atoms with E-state index in [1.807, 2.05) is 13.2 Å². The van der Waals surface area contributed by atoms with Gasteiger partial charge in [-0.15, -0.1) is 0 Å². The average molecular weight is 269 g/mol. The highest BCUT2D eigenvalue weighted by Gasteiger charge is 2.14. The van der Waals surface area contributed by atoms with Crippen LogP contribution in [0.4, 0.5) is 0 Å². The first-order valence-electron chi connectivity index (χ1n) is 4.97. The molecule has 0 heterocycles. The van der Waals surface area contributed by atoms with E-state index in [2.05, 4.69) is 9.46 Å². The lowest BCUT2D eigenvalue weighted by Crippen LogP contribution is -2.36. The first-order valence-corrected chi connectivity index (χ1v) is 8.01. The van der Waals surface area contributed by atoms with Gasteiger partial charge < -0.3 is 4.74 Å². The Morgan fingerprint density at radius 3 is 2.62 bits per heavy atom. The molecule has 1 atom stereocenters. The topological polar surface area (TPSA) is 72.5 Å². The summed E-state index contributed by atoms with van der Waals surface area (Å²) in [5, 5.41) is 0. The molecule has 16 heavy (non-hydrogen) atoms. The summed E-state index contributed by atoms with van der Waals surface area (Å²) in [7, 11) is -1.99. The Morgan fingerprint density at radius 2 is 2.12 bits per heavy atom. The SMILES string of the molecule is COC(=O)CCCS(=O)(=O)NC(C)CSC.